The Morgan fingerprint density at radius 2 is 1.85 bits per heavy atom. The average Bonchev–Trinajstić information content (AvgIpc) is 3.43. The van der Waals surface area contributed by atoms with Gasteiger partial charge in [-0.15, -0.1) is 12.8 Å². The molecule has 4 heterocycles. The number of aromatic nitrogens is 7. The molecule has 0 radical (unpaired) electrons. The van der Waals surface area contributed by atoms with Crippen molar-refractivity contribution in [2.24, 2.45) is 0 Å². The number of halogens is 4. The molecule has 4 aromatic heterocycles. The standard InChI is InChI=1S/C19H12F4N8.C2H2/c20-10-4-5-11-12(7-10)31(13-3-1-2-6-24-13)14(28-11)8-25-16-15-17(27-9-26-15)30-18(29-16)19(21,22)23;1-2/h1-7,9H,8H2,(H2,25,26,27,29,30);1-2H. The molecule has 0 spiro atoms. The number of rotatable bonds is 4. The van der Waals surface area contributed by atoms with Gasteiger partial charge >= 0.3 is 6.18 Å². The molecule has 0 amide bonds. The van der Waals surface area contributed by atoms with Crippen LogP contribution in [0, 0.1) is 18.7 Å². The predicted octanol–water partition coefficient (Wildman–Crippen LogP) is 4.11. The predicted molar refractivity (Wildman–Crippen MR) is 113 cm³/mol. The third kappa shape index (κ3) is 4.16. The second-order valence-corrected chi connectivity index (χ2v) is 6.53. The molecule has 0 aliphatic rings. The van der Waals surface area contributed by atoms with E-state index in [0.29, 0.717) is 22.7 Å². The van der Waals surface area contributed by atoms with Crippen molar-refractivity contribution < 1.29 is 17.6 Å². The van der Waals surface area contributed by atoms with Crippen molar-refractivity contribution in [3.8, 4) is 18.7 Å². The van der Waals surface area contributed by atoms with Gasteiger partial charge < -0.3 is 10.3 Å². The van der Waals surface area contributed by atoms with Crippen LogP contribution in [-0.4, -0.2) is 34.5 Å². The van der Waals surface area contributed by atoms with Gasteiger partial charge in [0, 0.05) is 12.3 Å². The van der Waals surface area contributed by atoms with E-state index in [-0.39, 0.29) is 23.5 Å². The van der Waals surface area contributed by atoms with Crippen molar-refractivity contribution in [1.29, 1.82) is 0 Å². The number of pyridine rings is 1. The summed E-state index contributed by atoms with van der Waals surface area (Å²) in [5, 5.41) is 2.86. The van der Waals surface area contributed by atoms with Crippen LogP contribution in [-0.2, 0) is 12.7 Å². The number of terminal acetylenes is 1. The van der Waals surface area contributed by atoms with Crippen LogP contribution in [0.1, 0.15) is 11.6 Å². The van der Waals surface area contributed by atoms with Gasteiger partial charge in [-0.1, -0.05) is 6.07 Å². The number of hydrogen-bond acceptors (Lipinski definition) is 6. The van der Waals surface area contributed by atoms with E-state index in [2.05, 4.69) is 48.1 Å². The Labute approximate surface area is 183 Å². The van der Waals surface area contributed by atoms with Gasteiger partial charge in [0.1, 0.15) is 23.0 Å². The van der Waals surface area contributed by atoms with Crippen molar-refractivity contribution in [3.63, 3.8) is 0 Å². The molecule has 0 saturated heterocycles. The Morgan fingerprint density at radius 1 is 1.03 bits per heavy atom. The van der Waals surface area contributed by atoms with E-state index in [4.69, 9.17) is 0 Å². The van der Waals surface area contributed by atoms with E-state index in [1.165, 1.54) is 24.5 Å². The monoisotopic (exact) mass is 454 g/mol. The summed E-state index contributed by atoms with van der Waals surface area (Å²) in [5.74, 6) is -0.957. The molecule has 33 heavy (non-hydrogen) atoms. The fourth-order valence-corrected chi connectivity index (χ4v) is 3.21. The maximum absolute atomic E-state index is 13.9. The van der Waals surface area contributed by atoms with E-state index >= 15 is 0 Å². The Balaban J connectivity index is 0.00000126. The zero-order valence-electron chi connectivity index (χ0n) is 16.7. The van der Waals surface area contributed by atoms with Crippen LogP contribution in [0.5, 0.6) is 0 Å². The number of hydrogen-bond donors (Lipinski definition) is 2. The third-order valence-electron chi connectivity index (χ3n) is 4.52. The second-order valence-electron chi connectivity index (χ2n) is 6.53. The van der Waals surface area contributed by atoms with Crippen LogP contribution in [0.4, 0.5) is 23.4 Å². The molecule has 0 atom stereocenters. The first-order valence-electron chi connectivity index (χ1n) is 9.34. The molecule has 0 bridgehead atoms. The van der Waals surface area contributed by atoms with E-state index < -0.39 is 17.8 Å². The molecule has 0 aliphatic carbocycles. The van der Waals surface area contributed by atoms with Crippen molar-refractivity contribution in [3.05, 3.63) is 66.4 Å². The number of imidazole rings is 2. The van der Waals surface area contributed by atoms with Crippen LogP contribution < -0.4 is 5.32 Å². The highest BCUT2D eigenvalue weighted by Gasteiger charge is 2.36. The van der Waals surface area contributed by atoms with Gasteiger partial charge in [-0.2, -0.15) is 13.2 Å². The zero-order chi connectivity index (χ0) is 23.6. The van der Waals surface area contributed by atoms with Crippen molar-refractivity contribution in [2.45, 2.75) is 12.7 Å². The molecule has 166 valence electrons. The maximum atomic E-state index is 13.9. The molecule has 5 rings (SSSR count). The highest BCUT2D eigenvalue weighted by atomic mass is 19.4. The van der Waals surface area contributed by atoms with Crippen molar-refractivity contribution in [1.82, 2.24) is 34.5 Å². The van der Waals surface area contributed by atoms with E-state index in [0.717, 1.165) is 0 Å². The highest BCUT2D eigenvalue weighted by molar-refractivity contribution is 5.82. The fourth-order valence-electron chi connectivity index (χ4n) is 3.21. The lowest BCUT2D eigenvalue weighted by atomic mass is 10.3. The number of aromatic amines is 1. The minimum Gasteiger partial charge on any atom is -0.361 e. The number of fused-ring (bicyclic) bond motifs is 2. The van der Waals surface area contributed by atoms with Crippen LogP contribution in [0.15, 0.2) is 48.9 Å². The molecule has 0 fully saturated rings. The first-order chi connectivity index (χ1) is 15.9. The molecule has 12 heteroatoms. The summed E-state index contributed by atoms with van der Waals surface area (Å²) in [7, 11) is 0. The van der Waals surface area contributed by atoms with Crippen molar-refractivity contribution in [2.75, 3.05) is 5.32 Å². The molecule has 0 aliphatic heterocycles. The van der Waals surface area contributed by atoms with Gasteiger partial charge in [-0.3, -0.25) is 4.57 Å². The van der Waals surface area contributed by atoms with Crippen LogP contribution >= 0.6 is 0 Å². The maximum Gasteiger partial charge on any atom is 0.451 e. The minimum atomic E-state index is -4.73. The van der Waals surface area contributed by atoms with Crippen LogP contribution in [0.3, 0.4) is 0 Å². The summed E-state index contributed by atoms with van der Waals surface area (Å²) >= 11 is 0. The van der Waals surface area contributed by atoms with Gasteiger partial charge in [-0.05, 0) is 24.3 Å². The fraction of sp³-hybridized carbons (Fsp3) is 0.0952. The van der Waals surface area contributed by atoms with Crippen LogP contribution in [0.2, 0.25) is 0 Å². The average molecular weight is 454 g/mol. The minimum absolute atomic E-state index is 0.0185. The van der Waals surface area contributed by atoms with E-state index in [9.17, 15) is 17.6 Å². The summed E-state index contributed by atoms with van der Waals surface area (Å²) in [5.41, 5.74) is 1.08. The first-order valence-corrected chi connectivity index (χ1v) is 9.34. The van der Waals surface area contributed by atoms with Gasteiger partial charge in [0.25, 0.3) is 0 Å². The number of benzene rings is 1. The molecular weight excluding hydrogens is 440 g/mol. The molecule has 2 N–H and O–H groups in total. The lowest BCUT2D eigenvalue weighted by molar-refractivity contribution is -0.144. The summed E-state index contributed by atoms with van der Waals surface area (Å²) < 4.78 is 55.0. The van der Waals surface area contributed by atoms with Gasteiger partial charge in [0.15, 0.2) is 11.5 Å². The Bertz CT molecular complexity index is 1440. The zero-order valence-corrected chi connectivity index (χ0v) is 16.7. The van der Waals surface area contributed by atoms with Gasteiger partial charge in [0.2, 0.25) is 5.82 Å². The SMILES string of the molecule is C#C.Fc1ccc2nc(CNc3nc(C(F)(F)F)nc4nc[nH]c34)n(-c3ccccn3)c2c1. The third-order valence-corrected chi connectivity index (χ3v) is 4.52. The molecule has 0 saturated carbocycles. The second kappa shape index (κ2) is 8.54. The first kappa shape index (κ1) is 21.7. The highest BCUT2D eigenvalue weighted by Crippen LogP contribution is 2.29. The molecule has 1 aromatic carbocycles. The molecule has 5 aromatic rings. The Morgan fingerprint density at radius 3 is 2.58 bits per heavy atom. The van der Waals surface area contributed by atoms with Crippen molar-refractivity contribution >= 4 is 28.0 Å². The summed E-state index contributed by atoms with van der Waals surface area (Å²) in [6.07, 6.45) is 6.07. The van der Waals surface area contributed by atoms with E-state index in [1.54, 1.807) is 29.0 Å². The van der Waals surface area contributed by atoms with Crippen LogP contribution in [0.25, 0.3) is 28.0 Å². The number of H-pyrrole nitrogens is 1. The summed E-state index contributed by atoms with van der Waals surface area (Å²) in [4.78, 5) is 22.3. The normalized spacial score (nSPS) is 11.3. The molecule has 0 unspecified atom stereocenters. The Kier molecular flexibility index (Phi) is 5.61. The quantitative estimate of drug-likeness (QED) is 0.313. The summed E-state index contributed by atoms with van der Waals surface area (Å²) in [6.45, 7) is -0.0185. The largest absolute Gasteiger partial charge is 0.451 e. The topological polar surface area (TPSA) is 97.2 Å². The smallest absolute Gasteiger partial charge is 0.361 e. The number of nitrogens with zero attached hydrogens (tertiary/aromatic N) is 6. The molecule has 8 nitrogen and oxygen atoms in total. The lowest BCUT2D eigenvalue weighted by Gasteiger charge is -2.11. The molecular formula is C21H14F4N8. The number of nitrogens with one attached hydrogen (secondary N) is 2. The lowest BCUT2D eigenvalue weighted by Crippen LogP contribution is -2.15. The summed E-state index contributed by atoms with van der Waals surface area (Å²) in [6, 6.07) is 9.33. The number of alkyl halides is 3. The van der Waals surface area contributed by atoms with Gasteiger partial charge in [-0.25, -0.2) is 29.3 Å². The van der Waals surface area contributed by atoms with Gasteiger partial charge in [0.05, 0.1) is 23.9 Å². The number of anilines is 1. The van der Waals surface area contributed by atoms with E-state index in [1.807, 2.05) is 0 Å². The Hall–Kier alpha value is -4.53.